The maximum Gasteiger partial charge on any atom is 0.343 e. The van der Waals surface area contributed by atoms with E-state index in [4.69, 9.17) is 14.2 Å². The van der Waals surface area contributed by atoms with E-state index in [1.807, 2.05) is 37.3 Å². The van der Waals surface area contributed by atoms with Gasteiger partial charge in [-0.15, -0.1) is 0 Å². The summed E-state index contributed by atoms with van der Waals surface area (Å²) in [6.45, 7) is 6.89. The molecule has 3 rings (SSSR count). The van der Waals surface area contributed by atoms with E-state index < -0.39 is 11.9 Å². The number of hydrogen-bond acceptors (Lipinski definition) is 6. The molecule has 0 aliphatic heterocycles. The fourth-order valence-corrected chi connectivity index (χ4v) is 3.13. The average molecular weight is 452 g/mol. The standard InChI is InChI=1S/C25H29N3O5/c1-4-7-15-33-21-14-13-18(16-22(21)31-5-2)24(29)27-23-20(25(30)32-6-3)17-26-28(23)19-11-9-8-10-12-19/h8-14,16-17H,4-7,15H2,1-3H3,(H,27,29). The van der Waals surface area contributed by atoms with Crippen LogP contribution < -0.4 is 14.8 Å². The molecule has 0 saturated heterocycles. The lowest BCUT2D eigenvalue weighted by atomic mass is 10.2. The lowest BCUT2D eigenvalue weighted by molar-refractivity contribution is 0.0527. The summed E-state index contributed by atoms with van der Waals surface area (Å²) in [5.41, 5.74) is 1.22. The van der Waals surface area contributed by atoms with Crippen LogP contribution in [0.3, 0.4) is 0 Å². The Balaban J connectivity index is 1.92. The molecule has 174 valence electrons. The van der Waals surface area contributed by atoms with Crippen LogP contribution in [0.1, 0.15) is 54.3 Å². The second kappa shape index (κ2) is 11.7. The highest BCUT2D eigenvalue weighted by Gasteiger charge is 2.22. The lowest BCUT2D eigenvalue weighted by Gasteiger charge is -2.14. The van der Waals surface area contributed by atoms with Gasteiger partial charge in [0, 0.05) is 5.56 Å². The molecular weight excluding hydrogens is 422 g/mol. The number of carbonyl (C=O) groups excluding carboxylic acids is 2. The zero-order chi connectivity index (χ0) is 23.6. The zero-order valence-electron chi connectivity index (χ0n) is 19.2. The van der Waals surface area contributed by atoms with Crippen molar-refractivity contribution < 1.29 is 23.8 Å². The van der Waals surface area contributed by atoms with Gasteiger partial charge in [0.15, 0.2) is 17.3 Å². The molecular formula is C25H29N3O5. The number of para-hydroxylation sites is 1. The second-order valence-electron chi connectivity index (χ2n) is 7.13. The maximum absolute atomic E-state index is 13.2. The van der Waals surface area contributed by atoms with Crippen molar-refractivity contribution in [3.05, 3.63) is 65.9 Å². The van der Waals surface area contributed by atoms with Crippen LogP contribution in [0.5, 0.6) is 11.5 Å². The van der Waals surface area contributed by atoms with Gasteiger partial charge in [0.25, 0.3) is 5.91 Å². The van der Waals surface area contributed by atoms with Crippen LogP contribution in [-0.2, 0) is 4.74 Å². The van der Waals surface area contributed by atoms with Gasteiger partial charge in [0.1, 0.15) is 5.56 Å². The summed E-state index contributed by atoms with van der Waals surface area (Å²) in [4.78, 5) is 25.6. The molecule has 1 amide bonds. The van der Waals surface area contributed by atoms with Crippen molar-refractivity contribution in [1.29, 1.82) is 0 Å². The van der Waals surface area contributed by atoms with E-state index in [-0.39, 0.29) is 18.0 Å². The van der Waals surface area contributed by atoms with Crippen molar-refractivity contribution in [2.24, 2.45) is 0 Å². The molecule has 33 heavy (non-hydrogen) atoms. The Morgan fingerprint density at radius 1 is 0.970 bits per heavy atom. The number of anilines is 1. The largest absolute Gasteiger partial charge is 0.490 e. The van der Waals surface area contributed by atoms with Gasteiger partial charge in [-0.2, -0.15) is 5.10 Å². The number of carbonyl (C=O) groups is 2. The topological polar surface area (TPSA) is 91.7 Å². The minimum atomic E-state index is -0.565. The smallest absolute Gasteiger partial charge is 0.343 e. The Labute approximate surface area is 193 Å². The van der Waals surface area contributed by atoms with Crippen molar-refractivity contribution in [3.8, 4) is 17.2 Å². The number of esters is 1. The summed E-state index contributed by atoms with van der Waals surface area (Å²) in [5.74, 6) is 0.321. The zero-order valence-corrected chi connectivity index (χ0v) is 19.2. The number of ether oxygens (including phenoxy) is 3. The number of hydrogen-bond donors (Lipinski definition) is 1. The van der Waals surface area contributed by atoms with Crippen LogP contribution in [0.15, 0.2) is 54.7 Å². The molecule has 8 heteroatoms. The average Bonchev–Trinajstić information content (AvgIpc) is 3.24. The molecule has 0 atom stereocenters. The Kier molecular flexibility index (Phi) is 8.46. The van der Waals surface area contributed by atoms with Crippen molar-refractivity contribution in [2.75, 3.05) is 25.1 Å². The summed E-state index contributed by atoms with van der Waals surface area (Å²) in [5, 5.41) is 7.11. The third kappa shape index (κ3) is 5.91. The predicted octanol–water partition coefficient (Wildman–Crippen LogP) is 4.88. The highest BCUT2D eigenvalue weighted by atomic mass is 16.5. The first-order valence-corrected chi connectivity index (χ1v) is 11.1. The van der Waals surface area contributed by atoms with E-state index in [0.29, 0.717) is 36.0 Å². The van der Waals surface area contributed by atoms with Crippen molar-refractivity contribution in [3.63, 3.8) is 0 Å². The third-order valence-corrected chi connectivity index (χ3v) is 4.76. The molecule has 1 aromatic heterocycles. The molecule has 0 unspecified atom stereocenters. The molecule has 1 heterocycles. The lowest BCUT2D eigenvalue weighted by Crippen LogP contribution is -2.18. The van der Waals surface area contributed by atoms with E-state index in [2.05, 4.69) is 17.3 Å². The summed E-state index contributed by atoms with van der Waals surface area (Å²) >= 11 is 0. The van der Waals surface area contributed by atoms with E-state index in [1.165, 1.54) is 10.9 Å². The van der Waals surface area contributed by atoms with E-state index in [1.54, 1.807) is 25.1 Å². The molecule has 0 bridgehead atoms. The molecule has 0 aliphatic rings. The number of aromatic nitrogens is 2. The Morgan fingerprint density at radius 3 is 2.45 bits per heavy atom. The first-order chi connectivity index (χ1) is 16.1. The quantitative estimate of drug-likeness (QED) is 0.330. The van der Waals surface area contributed by atoms with Crippen LogP contribution in [0.4, 0.5) is 5.82 Å². The second-order valence-corrected chi connectivity index (χ2v) is 7.13. The number of rotatable bonds is 11. The van der Waals surface area contributed by atoms with Gasteiger partial charge in [-0.25, -0.2) is 9.48 Å². The monoisotopic (exact) mass is 451 g/mol. The Morgan fingerprint density at radius 2 is 1.76 bits per heavy atom. The summed E-state index contributed by atoms with van der Waals surface area (Å²) in [7, 11) is 0. The number of nitrogens with zero attached hydrogens (tertiary/aromatic N) is 2. The van der Waals surface area contributed by atoms with Gasteiger partial charge >= 0.3 is 5.97 Å². The molecule has 0 fully saturated rings. The van der Waals surface area contributed by atoms with Crippen LogP contribution in [0.2, 0.25) is 0 Å². The van der Waals surface area contributed by atoms with Gasteiger partial charge in [0.05, 0.1) is 31.7 Å². The van der Waals surface area contributed by atoms with Crippen LogP contribution in [0.25, 0.3) is 5.69 Å². The molecule has 0 aliphatic carbocycles. The fourth-order valence-electron chi connectivity index (χ4n) is 3.13. The first kappa shape index (κ1) is 23.8. The number of benzene rings is 2. The fraction of sp³-hybridized carbons (Fsp3) is 0.320. The van der Waals surface area contributed by atoms with Gasteiger partial charge in [0.2, 0.25) is 0 Å². The van der Waals surface area contributed by atoms with Crippen molar-refractivity contribution in [1.82, 2.24) is 9.78 Å². The van der Waals surface area contributed by atoms with Crippen LogP contribution in [0, 0.1) is 0 Å². The SMILES string of the molecule is CCCCOc1ccc(C(=O)Nc2c(C(=O)OCC)cnn2-c2ccccc2)cc1OCC. The van der Waals surface area contributed by atoms with Gasteiger partial charge < -0.3 is 19.5 Å². The predicted molar refractivity (Wildman–Crippen MR) is 125 cm³/mol. The van der Waals surface area contributed by atoms with Crippen molar-refractivity contribution >= 4 is 17.7 Å². The molecule has 1 N–H and O–H groups in total. The van der Waals surface area contributed by atoms with Gasteiger partial charge in [-0.05, 0) is 50.6 Å². The maximum atomic E-state index is 13.2. The minimum Gasteiger partial charge on any atom is -0.490 e. The number of unbranched alkanes of at least 4 members (excludes halogenated alkanes) is 1. The highest BCUT2D eigenvalue weighted by Crippen LogP contribution is 2.30. The molecule has 2 aromatic carbocycles. The van der Waals surface area contributed by atoms with E-state index in [9.17, 15) is 9.59 Å². The number of amides is 1. The van der Waals surface area contributed by atoms with Crippen LogP contribution >= 0.6 is 0 Å². The molecule has 3 aromatic rings. The minimum absolute atomic E-state index is 0.165. The van der Waals surface area contributed by atoms with Gasteiger partial charge in [-0.3, -0.25) is 4.79 Å². The molecule has 8 nitrogen and oxygen atoms in total. The molecule has 0 spiro atoms. The Hall–Kier alpha value is -3.81. The summed E-state index contributed by atoms with van der Waals surface area (Å²) < 4.78 is 18.1. The van der Waals surface area contributed by atoms with E-state index in [0.717, 1.165) is 12.8 Å². The van der Waals surface area contributed by atoms with Crippen molar-refractivity contribution in [2.45, 2.75) is 33.6 Å². The highest BCUT2D eigenvalue weighted by molar-refractivity contribution is 6.07. The third-order valence-electron chi connectivity index (χ3n) is 4.76. The summed E-state index contributed by atoms with van der Waals surface area (Å²) in [6.07, 6.45) is 3.33. The molecule has 0 radical (unpaired) electrons. The normalized spacial score (nSPS) is 10.5. The molecule has 0 saturated carbocycles. The number of nitrogens with one attached hydrogen (secondary N) is 1. The van der Waals surface area contributed by atoms with Crippen LogP contribution in [-0.4, -0.2) is 41.5 Å². The van der Waals surface area contributed by atoms with Gasteiger partial charge in [-0.1, -0.05) is 31.5 Å². The van der Waals surface area contributed by atoms with E-state index >= 15 is 0 Å². The Bertz CT molecular complexity index is 1080. The summed E-state index contributed by atoms with van der Waals surface area (Å²) in [6, 6.07) is 14.2. The first-order valence-electron chi connectivity index (χ1n) is 11.1.